The molecular weight excluding hydrogens is 290 g/mol. The van der Waals surface area contributed by atoms with Crippen molar-refractivity contribution in [1.29, 1.82) is 0 Å². The summed E-state index contributed by atoms with van der Waals surface area (Å²) in [6, 6.07) is 11.6. The van der Waals surface area contributed by atoms with Crippen molar-refractivity contribution in [3.05, 3.63) is 35.9 Å². The number of benzene rings is 1. The van der Waals surface area contributed by atoms with E-state index in [2.05, 4.69) is 47.0 Å². The van der Waals surface area contributed by atoms with Crippen molar-refractivity contribution in [2.45, 2.75) is 44.6 Å². The van der Waals surface area contributed by atoms with E-state index in [1.165, 1.54) is 62.3 Å². The molecule has 0 spiro atoms. The molecule has 22 heavy (non-hydrogen) atoms. The SMILES string of the molecule is OCC1(CCCc2ccccc2)CCN([C@H]2CCSC2)CC1. The van der Waals surface area contributed by atoms with Gasteiger partial charge in [-0.05, 0) is 68.3 Å². The maximum Gasteiger partial charge on any atom is 0.0488 e. The molecule has 3 heteroatoms. The van der Waals surface area contributed by atoms with Gasteiger partial charge in [-0.25, -0.2) is 0 Å². The fourth-order valence-electron chi connectivity index (χ4n) is 3.97. The zero-order valence-electron chi connectivity index (χ0n) is 13.5. The van der Waals surface area contributed by atoms with Gasteiger partial charge >= 0.3 is 0 Å². The molecule has 1 aromatic rings. The van der Waals surface area contributed by atoms with Crippen LogP contribution in [0.1, 0.15) is 37.7 Å². The molecule has 2 aliphatic heterocycles. The Bertz CT molecular complexity index is 436. The molecule has 1 atom stereocenters. The summed E-state index contributed by atoms with van der Waals surface area (Å²) in [6.07, 6.45) is 7.24. The summed E-state index contributed by atoms with van der Waals surface area (Å²) >= 11 is 2.10. The summed E-state index contributed by atoms with van der Waals surface area (Å²) < 4.78 is 0. The van der Waals surface area contributed by atoms with Crippen LogP contribution in [0.5, 0.6) is 0 Å². The van der Waals surface area contributed by atoms with Gasteiger partial charge in [0, 0.05) is 18.4 Å². The van der Waals surface area contributed by atoms with Gasteiger partial charge in [0.05, 0.1) is 0 Å². The van der Waals surface area contributed by atoms with Crippen molar-refractivity contribution in [3.63, 3.8) is 0 Å². The fraction of sp³-hybridized carbons (Fsp3) is 0.684. The molecule has 0 unspecified atom stereocenters. The van der Waals surface area contributed by atoms with Crippen LogP contribution in [0.4, 0.5) is 0 Å². The maximum atomic E-state index is 9.97. The standard InChI is InChI=1S/C19H29NOS/c21-16-19(9-4-7-17-5-2-1-3-6-17)10-12-20(13-11-19)18-8-14-22-15-18/h1-3,5-6,18,21H,4,7-16H2/t18-/m0/s1. The number of aryl methyl sites for hydroxylation is 1. The van der Waals surface area contributed by atoms with Gasteiger partial charge in [0.25, 0.3) is 0 Å². The highest BCUT2D eigenvalue weighted by Crippen LogP contribution is 2.38. The monoisotopic (exact) mass is 319 g/mol. The number of aliphatic hydroxyl groups is 1. The Labute approximate surface area is 139 Å². The zero-order chi connectivity index (χ0) is 15.3. The van der Waals surface area contributed by atoms with Crippen molar-refractivity contribution < 1.29 is 5.11 Å². The van der Waals surface area contributed by atoms with E-state index < -0.39 is 0 Å². The number of hydrogen-bond donors (Lipinski definition) is 1. The topological polar surface area (TPSA) is 23.5 Å². The van der Waals surface area contributed by atoms with Gasteiger partial charge < -0.3 is 5.11 Å². The minimum absolute atomic E-state index is 0.191. The summed E-state index contributed by atoms with van der Waals surface area (Å²) in [7, 11) is 0. The van der Waals surface area contributed by atoms with Crippen LogP contribution in [0.25, 0.3) is 0 Å². The largest absolute Gasteiger partial charge is 0.396 e. The van der Waals surface area contributed by atoms with Crippen molar-refractivity contribution in [1.82, 2.24) is 4.90 Å². The third kappa shape index (κ3) is 4.06. The molecule has 0 aliphatic carbocycles. The predicted molar refractivity (Wildman–Crippen MR) is 95.4 cm³/mol. The molecule has 2 fully saturated rings. The van der Waals surface area contributed by atoms with Crippen LogP contribution in [0.3, 0.4) is 0 Å². The molecule has 0 saturated carbocycles. The van der Waals surface area contributed by atoms with Crippen LogP contribution in [0.15, 0.2) is 30.3 Å². The summed E-state index contributed by atoms with van der Waals surface area (Å²) in [5.74, 6) is 2.66. The van der Waals surface area contributed by atoms with Crippen LogP contribution in [-0.4, -0.2) is 47.3 Å². The Morgan fingerprint density at radius 2 is 1.95 bits per heavy atom. The minimum atomic E-state index is 0.191. The lowest BCUT2D eigenvalue weighted by Gasteiger charge is -2.43. The number of rotatable bonds is 6. The van der Waals surface area contributed by atoms with Crippen molar-refractivity contribution >= 4 is 11.8 Å². The highest BCUT2D eigenvalue weighted by Gasteiger charge is 2.36. The number of thioether (sulfide) groups is 1. The molecule has 2 heterocycles. The summed E-state index contributed by atoms with van der Waals surface area (Å²) in [5.41, 5.74) is 1.62. The van der Waals surface area contributed by atoms with Gasteiger partial charge in [-0.2, -0.15) is 11.8 Å². The van der Waals surface area contributed by atoms with E-state index in [4.69, 9.17) is 0 Å². The summed E-state index contributed by atoms with van der Waals surface area (Å²) in [5, 5.41) is 9.97. The third-order valence-corrected chi connectivity index (χ3v) is 6.78. The molecule has 3 rings (SSSR count). The van der Waals surface area contributed by atoms with E-state index in [0.29, 0.717) is 6.61 Å². The maximum absolute atomic E-state index is 9.97. The van der Waals surface area contributed by atoms with Crippen LogP contribution in [-0.2, 0) is 6.42 Å². The van der Waals surface area contributed by atoms with Crippen molar-refractivity contribution in [2.24, 2.45) is 5.41 Å². The van der Waals surface area contributed by atoms with Gasteiger partial charge in [0.15, 0.2) is 0 Å². The van der Waals surface area contributed by atoms with Crippen molar-refractivity contribution in [2.75, 3.05) is 31.2 Å². The highest BCUT2D eigenvalue weighted by atomic mass is 32.2. The quantitative estimate of drug-likeness (QED) is 0.867. The number of nitrogens with zero attached hydrogens (tertiary/aromatic N) is 1. The van der Waals surface area contributed by atoms with Gasteiger partial charge in [0.2, 0.25) is 0 Å². The third-order valence-electron chi connectivity index (χ3n) is 5.63. The molecule has 2 nitrogen and oxygen atoms in total. The lowest BCUT2D eigenvalue weighted by atomic mass is 9.74. The number of likely N-dealkylation sites (tertiary alicyclic amines) is 1. The average Bonchev–Trinajstić information content (AvgIpc) is 3.11. The Morgan fingerprint density at radius 3 is 2.59 bits per heavy atom. The van der Waals surface area contributed by atoms with E-state index >= 15 is 0 Å². The molecule has 1 N–H and O–H groups in total. The van der Waals surface area contributed by atoms with Gasteiger partial charge in [-0.1, -0.05) is 30.3 Å². The highest BCUT2D eigenvalue weighted by molar-refractivity contribution is 7.99. The lowest BCUT2D eigenvalue weighted by Crippen LogP contribution is -2.46. The van der Waals surface area contributed by atoms with Crippen LogP contribution in [0, 0.1) is 5.41 Å². The molecule has 0 radical (unpaired) electrons. The Kier molecular flexibility index (Phi) is 5.83. The first kappa shape index (κ1) is 16.4. The average molecular weight is 320 g/mol. The van der Waals surface area contributed by atoms with Crippen LogP contribution < -0.4 is 0 Å². The predicted octanol–water partition coefficient (Wildman–Crippen LogP) is 3.59. The van der Waals surface area contributed by atoms with E-state index in [1.807, 2.05) is 0 Å². The Balaban J connectivity index is 1.46. The van der Waals surface area contributed by atoms with E-state index in [-0.39, 0.29) is 5.41 Å². The smallest absolute Gasteiger partial charge is 0.0488 e. The molecular formula is C19H29NOS. The normalized spacial score (nSPS) is 25.4. The van der Waals surface area contributed by atoms with E-state index in [9.17, 15) is 5.11 Å². The first-order valence-electron chi connectivity index (χ1n) is 8.78. The molecule has 0 bridgehead atoms. The molecule has 2 saturated heterocycles. The molecule has 122 valence electrons. The number of aliphatic hydroxyl groups excluding tert-OH is 1. The summed E-state index contributed by atoms with van der Waals surface area (Å²) in [6.45, 7) is 2.75. The second-order valence-corrected chi connectivity index (χ2v) is 8.20. The molecule has 2 aliphatic rings. The van der Waals surface area contributed by atoms with Crippen molar-refractivity contribution in [3.8, 4) is 0 Å². The first-order valence-corrected chi connectivity index (χ1v) is 9.93. The minimum Gasteiger partial charge on any atom is -0.396 e. The van der Waals surface area contributed by atoms with Gasteiger partial charge in [0.1, 0.15) is 0 Å². The first-order chi connectivity index (χ1) is 10.8. The van der Waals surface area contributed by atoms with E-state index in [1.54, 1.807) is 0 Å². The van der Waals surface area contributed by atoms with Crippen LogP contribution in [0.2, 0.25) is 0 Å². The summed E-state index contributed by atoms with van der Waals surface area (Å²) in [4.78, 5) is 2.69. The number of piperidine rings is 1. The Hall–Kier alpha value is -0.510. The number of hydrogen-bond acceptors (Lipinski definition) is 3. The van der Waals surface area contributed by atoms with Gasteiger partial charge in [-0.3, -0.25) is 4.90 Å². The van der Waals surface area contributed by atoms with Crippen LogP contribution >= 0.6 is 11.8 Å². The Morgan fingerprint density at radius 1 is 1.18 bits per heavy atom. The second kappa shape index (κ2) is 7.85. The fourth-order valence-corrected chi connectivity index (χ4v) is 5.23. The molecule has 1 aromatic carbocycles. The zero-order valence-corrected chi connectivity index (χ0v) is 14.4. The van der Waals surface area contributed by atoms with E-state index in [0.717, 1.165) is 12.5 Å². The second-order valence-electron chi connectivity index (χ2n) is 7.05. The van der Waals surface area contributed by atoms with Gasteiger partial charge in [-0.15, -0.1) is 0 Å². The lowest BCUT2D eigenvalue weighted by molar-refractivity contribution is 0.0238. The molecule has 0 amide bonds. The molecule has 0 aromatic heterocycles.